The fourth-order valence-electron chi connectivity index (χ4n) is 1.47. The summed E-state index contributed by atoms with van der Waals surface area (Å²) in [4.78, 5) is 20.9. The van der Waals surface area contributed by atoms with Gasteiger partial charge in [0.15, 0.2) is 6.19 Å². The summed E-state index contributed by atoms with van der Waals surface area (Å²) in [6, 6.07) is 8.38. The lowest BCUT2D eigenvalue weighted by atomic mass is 10.3. The molecule has 0 aliphatic carbocycles. The number of hydrogen-bond donors (Lipinski definition) is 1. The molecule has 1 N–H and O–H groups in total. The van der Waals surface area contributed by atoms with Gasteiger partial charge in [0.25, 0.3) is 0 Å². The maximum atomic E-state index is 11.9. The molecule has 1 heterocycles. The van der Waals surface area contributed by atoms with Crippen LogP contribution < -0.4 is 10.2 Å². The summed E-state index contributed by atoms with van der Waals surface area (Å²) in [6.45, 7) is 0. The summed E-state index contributed by atoms with van der Waals surface area (Å²) in [5.74, 6) is 0. The summed E-state index contributed by atoms with van der Waals surface area (Å²) in [5.41, 5.74) is 1.11. The first kappa shape index (κ1) is 11.5. The number of aromatic nitrogens is 2. The zero-order chi connectivity index (χ0) is 12.8. The van der Waals surface area contributed by atoms with Gasteiger partial charge in [0.1, 0.15) is 6.33 Å². The van der Waals surface area contributed by atoms with Crippen molar-refractivity contribution in [3.05, 3.63) is 49.1 Å². The minimum Gasteiger partial charge on any atom is -0.259 e. The topological polar surface area (TPSA) is 81.9 Å². The second-order valence-electron chi connectivity index (χ2n) is 3.31. The van der Waals surface area contributed by atoms with Crippen LogP contribution in [0.25, 0.3) is 0 Å². The van der Waals surface area contributed by atoms with Gasteiger partial charge < -0.3 is 0 Å². The predicted molar refractivity (Wildman–Crippen MR) is 64.8 cm³/mol. The Morgan fingerprint density at radius 1 is 1.17 bits per heavy atom. The molecule has 2 rings (SSSR count). The lowest BCUT2D eigenvalue weighted by Crippen LogP contribution is -2.34. The smallest absolute Gasteiger partial charge is 0.259 e. The van der Waals surface area contributed by atoms with Crippen LogP contribution in [0.2, 0.25) is 0 Å². The highest BCUT2D eigenvalue weighted by molar-refractivity contribution is 5.99. The van der Waals surface area contributed by atoms with Gasteiger partial charge in [-0.05, 0) is 12.1 Å². The van der Waals surface area contributed by atoms with Crippen molar-refractivity contribution in [1.29, 1.82) is 5.26 Å². The van der Waals surface area contributed by atoms with Gasteiger partial charge in [0.05, 0.1) is 23.8 Å². The quantitative estimate of drug-likeness (QED) is 0.640. The molecule has 0 atom stereocenters. The molecular weight excluding hydrogens is 230 g/mol. The van der Waals surface area contributed by atoms with Gasteiger partial charge in [-0.2, -0.15) is 5.26 Å². The van der Waals surface area contributed by atoms with Crippen LogP contribution in [0.3, 0.4) is 0 Å². The number of carbonyl (C=O) groups is 1. The van der Waals surface area contributed by atoms with Gasteiger partial charge in [0, 0.05) is 0 Å². The molecular formula is C12H9N5O. The number of anilines is 2. The second-order valence-corrected chi connectivity index (χ2v) is 3.31. The Balaban J connectivity index is 2.42. The molecule has 0 aliphatic rings. The summed E-state index contributed by atoms with van der Waals surface area (Å²) >= 11 is 0. The van der Waals surface area contributed by atoms with Crippen molar-refractivity contribution in [3.63, 3.8) is 0 Å². The third-order valence-corrected chi connectivity index (χ3v) is 2.19. The molecule has 0 fully saturated rings. The van der Waals surface area contributed by atoms with Gasteiger partial charge in [0.2, 0.25) is 0 Å². The summed E-state index contributed by atoms with van der Waals surface area (Å²) in [5, 5.41) is 10.6. The maximum absolute atomic E-state index is 11.9. The van der Waals surface area contributed by atoms with E-state index in [2.05, 4.69) is 15.3 Å². The molecule has 1 aromatic carbocycles. The third kappa shape index (κ3) is 2.41. The van der Waals surface area contributed by atoms with Crippen molar-refractivity contribution in [2.45, 2.75) is 0 Å². The van der Waals surface area contributed by atoms with E-state index in [1.807, 2.05) is 6.07 Å². The maximum Gasteiger partial charge on any atom is 0.339 e. The van der Waals surface area contributed by atoms with Gasteiger partial charge >= 0.3 is 6.03 Å². The van der Waals surface area contributed by atoms with Crippen molar-refractivity contribution in [2.24, 2.45) is 0 Å². The first-order valence-electron chi connectivity index (χ1n) is 5.12. The molecule has 1 aromatic heterocycles. The van der Waals surface area contributed by atoms with Gasteiger partial charge in [-0.1, -0.05) is 18.2 Å². The lowest BCUT2D eigenvalue weighted by molar-refractivity contribution is 0.252. The van der Waals surface area contributed by atoms with Crippen molar-refractivity contribution >= 4 is 17.4 Å². The lowest BCUT2D eigenvalue weighted by Gasteiger charge is -2.20. The Morgan fingerprint density at radius 3 is 2.44 bits per heavy atom. The number of carbonyl (C=O) groups excluding carboxylic acids is 1. The molecule has 88 valence electrons. The number of urea groups is 1. The van der Waals surface area contributed by atoms with Gasteiger partial charge in [-0.3, -0.25) is 4.90 Å². The van der Waals surface area contributed by atoms with Crippen LogP contribution in [-0.2, 0) is 0 Å². The van der Waals surface area contributed by atoms with E-state index < -0.39 is 6.03 Å². The van der Waals surface area contributed by atoms with Gasteiger partial charge in [-0.15, -0.1) is 0 Å². The third-order valence-electron chi connectivity index (χ3n) is 2.19. The average Bonchev–Trinajstić information content (AvgIpc) is 2.42. The van der Waals surface area contributed by atoms with Crippen LogP contribution in [0.15, 0.2) is 49.1 Å². The Hall–Kier alpha value is -2.94. The molecule has 0 spiro atoms. The standard InChI is InChI=1S/C12H9N5O/c13-8-16-12(18)17(10-4-2-1-3-5-10)11-6-14-9-15-7-11/h1-7,9H,(H,16,18). The second kappa shape index (κ2) is 5.41. The van der Waals surface area contributed by atoms with E-state index in [0.29, 0.717) is 11.4 Å². The molecule has 2 aromatic rings. The Bertz CT molecular complexity index is 525. The van der Waals surface area contributed by atoms with E-state index in [9.17, 15) is 4.79 Å². The number of nitrogens with zero attached hydrogens (tertiary/aromatic N) is 4. The Labute approximate surface area is 104 Å². The van der Waals surface area contributed by atoms with E-state index >= 15 is 0 Å². The van der Waals surface area contributed by atoms with E-state index in [1.54, 1.807) is 30.5 Å². The van der Waals surface area contributed by atoms with E-state index in [1.165, 1.54) is 23.6 Å². The predicted octanol–water partition coefficient (Wildman–Crippen LogP) is 1.81. The molecule has 0 aliphatic heterocycles. The highest BCUT2D eigenvalue weighted by atomic mass is 16.2. The number of para-hydroxylation sites is 1. The van der Waals surface area contributed by atoms with Crippen LogP contribution in [0.4, 0.5) is 16.2 Å². The molecule has 18 heavy (non-hydrogen) atoms. The van der Waals surface area contributed by atoms with Gasteiger partial charge in [-0.25, -0.2) is 20.1 Å². The summed E-state index contributed by atoms with van der Waals surface area (Å²) in [6.07, 6.45) is 5.97. The molecule has 0 saturated carbocycles. The molecule has 6 heteroatoms. The normalized spacial score (nSPS) is 9.28. The van der Waals surface area contributed by atoms with Crippen LogP contribution in [0.5, 0.6) is 0 Å². The Morgan fingerprint density at radius 2 is 1.83 bits per heavy atom. The highest BCUT2D eigenvalue weighted by Crippen LogP contribution is 2.23. The number of rotatable bonds is 2. The van der Waals surface area contributed by atoms with Crippen LogP contribution in [0.1, 0.15) is 0 Å². The number of benzene rings is 1. The monoisotopic (exact) mass is 239 g/mol. The van der Waals surface area contributed by atoms with Crippen molar-refractivity contribution < 1.29 is 4.79 Å². The molecule has 0 saturated heterocycles. The van der Waals surface area contributed by atoms with E-state index in [-0.39, 0.29) is 0 Å². The fourth-order valence-corrected chi connectivity index (χ4v) is 1.47. The van der Waals surface area contributed by atoms with Crippen LogP contribution >= 0.6 is 0 Å². The number of nitrogens with one attached hydrogen (secondary N) is 1. The van der Waals surface area contributed by atoms with Crippen molar-refractivity contribution in [1.82, 2.24) is 15.3 Å². The molecule has 0 radical (unpaired) electrons. The Kier molecular flexibility index (Phi) is 3.47. The minimum absolute atomic E-state index is 0.483. The zero-order valence-electron chi connectivity index (χ0n) is 9.32. The molecule has 0 bridgehead atoms. The first-order chi connectivity index (χ1) is 8.83. The fraction of sp³-hybridized carbons (Fsp3) is 0. The molecule has 6 nitrogen and oxygen atoms in total. The zero-order valence-corrected chi connectivity index (χ0v) is 9.32. The average molecular weight is 239 g/mol. The van der Waals surface area contributed by atoms with Crippen LogP contribution in [-0.4, -0.2) is 16.0 Å². The van der Waals surface area contributed by atoms with E-state index in [0.717, 1.165) is 0 Å². The van der Waals surface area contributed by atoms with Crippen molar-refractivity contribution in [2.75, 3.05) is 4.90 Å². The minimum atomic E-state index is -0.557. The summed E-state index contributed by atoms with van der Waals surface area (Å²) in [7, 11) is 0. The number of hydrogen-bond acceptors (Lipinski definition) is 4. The summed E-state index contributed by atoms with van der Waals surface area (Å²) < 4.78 is 0. The SMILES string of the molecule is N#CNC(=O)N(c1ccccc1)c1cncnc1. The largest absolute Gasteiger partial charge is 0.339 e. The molecule has 2 amide bonds. The number of amides is 2. The van der Waals surface area contributed by atoms with Crippen molar-refractivity contribution in [3.8, 4) is 6.19 Å². The van der Waals surface area contributed by atoms with E-state index in [4.69, 9.17) is 5.26 Å². The number of nitriles is 1. The first-order valence-corrected chi connectivity index (χ1v) is 5.12. The molecule has 0 unspecified atom stereocenters. The van der Waals surface area contributed by atoms with Crippen LogP contribution in [0, 0.1) is 11.5 Å². The highest BCUT2D eigenvalue weighted by Gasteiger charge is 2.17.